The summed E-state index contributed by atoms with van der Waals surface area (Å²) in [5.74, 6) is -7.96. The zero-order valence-electron chi connectivity index (χ0n) is 40.6. The largest absolute Gasteiger partial charge is 0.460 e. The summed E-state index contributed by atoms with van der Waals surface area (Å²) >= 11 is 0. The molecule has 14 nitrogen and oxygen atoms in total. The number of esters is 1. The van der Waals surface area contributed by atoms with Gasteiger partial charge in [-0.15, -0.1) is 0 Å². The second-order valence-electron chi connectivity index (χ2n) is 19.6. The first-order chi connectivity index (χ1) is 30.7. The molecular weight excluding hydrogens is 835 g/mol. The highest BCUT2D eigenvalue weighted by Gasteiger charge is 2.53. The van der Waals surface area contributed by atoms with Crippen molar-refractivity contribution in [2.45, 2.75) is 180 Å². The van der Waals surface area contributed by atoms with Gasteiger partial charge in [0.15, 0.2) is 5.78 Å². The normalized spacial score (nSPS) is 39.1. The fourth-order valence-corrected chi connectivity index (χ4v) is 10.1. The summed E-state index contributed by atoms with van der Waals surface area (Å²) in [4.78, 5) is 71.8. The van der Waals surface area contributed by atoms with Crippen molar-refractivity contribution < 1.29 is 63.0 Å². The van der Waals surface area contributed by atoms with Crippen LogP contribution in [0.2, 0.25) is 0 Å². The van der Waals surface area contributed by atoms with Crippen LogP contribution in [0, 0.1) is 35.5 Å². The minimum atomic E-state index is -2.43. The summed E-state index contributed by atoms with van der Waals surface area (Å²) in [5.41, 5.74) is 1.27. The molecule has 0 radical (unpaired) electrons. The van der Waals surface area contributed by atoms with Crippen LogP contribution in [0.1, 0.15) is 126 Å². The third-order valence-electron chi connectivity index (χ3n) is 14.5. The van der Waals surface area contributed by atoms with E-state index in [0.717, 1.165) is 12.0 Å². The van der Waals surface area contributed by atoms with Crippen LogP contribution in [-0.4, -0.2) is 132 Å². The summed E-state index contributed by atoms with van der Waals surface area (Å²) < 4.78 is 29.4. The molecule has 15 atom stereocenters. The molecule has 2 saturated heterocycles. The molecule has 3 heterocycles. The molecule has 0 aromatic carbocycles. The molecule has 0 aromatic heterocycles. The molecule has 3 N–H and O–H groups in total. The number of amides is 1. The van der Waals surface area contributed by atoms with Gasteiger partial charge in [-0.2, -0.15) is 0 Å². The lowest BCUT2D eigenvalue weighted by Crippen LogP contribution is -2.61. The maximum absolute atomic E-state index is 14.4. The van der Waals surface area contributed by atoms with E-state index in [4.69, 9.17) is 23.7 Å². The standard InChI is InChI=1S/C51H79NO13/c1-30-16-12-11-13-17-31(2)42(61-8)28-38-21-19-36(7)51(60,65-38)48(57)49(58)52-23-15-14-18-39(52)50(59)64-43(33(4)26-37-20-22-40(53)44(27-37)62-9)29-41(54)32(3)25-35(6)46(56)47(63-10)45(55)34(5)24-30/h11-13,16-17,25,30,32-34,36-40,42-44,46-47,53,56,60H,14-15,18-24,26-29H2,1-10H3/b13-11?,16-12+,31-17?,35-25+/t30-,32-,33-,34?,36?,37?,38+,39?,40-,42?,43+,44?,46-,47?,51?/m1/s1. The van der Waals surface area contributed by atoms with E-state index in [-0.39, 0.29) is 54.8 Å². The molecule has 0 aromatic rings. The third kappa shape index (κ3) is 14.3. The van der Waals surface area contributed by atoms with Gasteiger partial charge in [0, 0.05) is 58.5 Å². The van der Waals surface area contributed by atoms with Gasteiger partial charge >= 0.3 is 5.97 Å². The lowest BCUT2D eigenvalue weighted by atomic mass is 9.78. The summed E-state index contributed by atoms with van der Waals surface area (Å²) in [5, 5.41) is 33.8. The Morgan fingerprint density at radius 1 is 0.846 bits per heavy atom. The van der Waals surface area contributed by atoms with E-state index in [2.05, 4.69) is 0 Å². The second-order valence-corrected chi connectivity index (χ2v) is 19.6. The SMILES string of the molecule is COC1C[C@@H]2CCC(C)C(O)(O2)C(=O)C(=O)N2CCCCC2C(=O)O[C@H]([C@H](C)CC2CC[C@@H](O)C(OC)C2)CC(=O)[C@H](C)/C=C(\C)[C@@H](O)C(OC)C(=O)C(C)C[C@H](C)/C=C/C=CC=C1C. The maximum atomic E-state index is 14.4. The van der Waals surface area contributed by atoms with Gasteiger partial charge < -0.3 is 43.9 Å². The molecule has 366 valence electrons. The van der Waals surface area contributed by atoms with Crippen LogP contribution in [-0.2, 0) is 47.7 Å². The Labute approximate surface area is 387 Å². The van der Waals surface area contributed by atoms with Crippen molar-refractivity contribution in [3.05, 3.63) is 47.6 Å². The molecule has 3 fully saturated rings. The molecule has 2 bridgehead atoms. The molecule has 8 unspecified atom stereocenters. The number of carbonyl (C=O) groups excluding carboxylic acids is 5. The summed E-state index contributed by atoms with van der Waals surface area (Å²) in [6.45, 7) is 12.7. The number of Topliss-reactive ketones (excluding diaryl/α,β-unsaturated/α-hetero) is 3. The second kappa shape index (κ2) is 25.1. The number of aliphatic hydroxyl groups is 3. The van der Waals surface area contributed by atoms with Crippen LogP contribution in [0.15, 0.2) is 47.6 Å². The number of ketones is 3. The smallest absolute Gasteiger partial charge is 0.329 e. The molecule has 1 aliphatic carbocycles. The quantitative estimate of drug-likeness (QED) is 0.156. The molecule has 65 heavy (non-hydrogen) atoms. The van der Waals surface area contributed by atoms with E-state index in [1.54, 1.807) is 41.1 Å². The van der Waals surface area contributed by atoms with Gasteiger partial charge in [-0.05, 0) is 107 Å². The molecule has 14 heteroatoms. The average molecular weight is 914 g/mol. The zero-order chi connectivity index (χ0) is 48.2. The highest BCUT2D eigenvalue weighted by atomic mass is 16.6. The van der Waals surface area contributed by atoms with Gasteiger partial charge in [0.2, 0.25) is 5.79 Å². The Hall–Kier alpha value is -3.37. The van der Waals surface area contributed by atoms with Crippen LogP contribution in [0.4, 0.5) is 0 Å². The van der Waals surface area contributed by atoms with Gasteiger partial charge in [0.05, 0.1) is 24.4 Å². The van der Waals surface area contributed by atoms with Gasteiger partial charge in [0.1, 0.15) is 30.1 Å². The van der Waals surface area contributed by atoms with Crippen LogP contribution in [0.25, 0.3) is 0 Å². The van der Waals surface area contributed by atoms with Crippen molar-refractivity contribution in [2.24, 2.45) is 35.5 Å². The first kappa shape index (κ1) is 54.2. The number of cyclic esters (lactones) is 1. The molecule has 0 spiro atoms. The van der Waals surface area contributed by atoms with Crippen molar-refractivity contribution in [3.63, 3.8) is 0 Å². The number of rotatable bonds is 6. The molecule has 1 amide bonds. The van der Waals surface area contributed by atoms with Crippen molar-refractivity contribution in [1.82, 2.24) is 4.90 Å². The van der Waals surface area contributed by atoms with E-state index in [1.807, 2.05) is 58.1 Å². The molecule has 1 saturated carbocycles. The Morgan fingerprint density at radius 2 is 1.57 bits per heavy atom. The van der Waals surface area contributed by atoms with E-state index < -0.39 is 83.9 Å². The highest BCUT2D eigenvalue weighted by Crippen LogP contribution is 2.38. The average Bonchev–Trinajstić information content (AvgIpc) is 3.28. The molecular formula is C51H79NO13. The number of carbonyl (C=O) groups is 5. The number of piperidine rings is 1. The lowest BCUT2D eigenvalue weighted by molar-refractivity contribution is -0.265. The predicted octanol–water partition coefficient (Wildman–Crippen LogP) is 6.18. The van der Waals surface area contributed by atoms with Crippen LogP contribution >= 0.6 is 0 Å². The lowest BCUT2D eigenvalue weighted by Gasteiger charge is -2.42. The van der Waals surface area contributed by atoms with Crippen LogP contribution in [0.3, 0.4) is 0 Å². The minimum Gasteiger partial charge on any atom is -0.460 e. The first-order valence-corrected chi connectivity index (χ1v) is 23.9. The number of fused-ring (bicyclic) bond motifs is 3. The minimum absolute atomic E-state index is 0.0193. The maximum Gasteiger partial charge on any atom is 0.329 e. The molecule has 4 aliphatic rings. The van der Waals surface area contributed by atoms with E-state index in [9.17, 15) is 39.3 Å². The van der Waals surface area contributed by atoms with Crippen molar-refractivity contribution >= 4 is 29.2 Å². The highest BCUT2D eigenvalue weighted by molar-refractivity contribution is 6.39. The number of hydrogen-bond donors (Lipinski definition) is 3. The Morgan fingerprint density at radius 3 is 2.25 bits per heavy atom. The van der Waals surface area contributed by atoms with Gasteiger partial charge in [-0.25, -0.2) is 4.79 Å². The van der Waals surface area contributed by atoms with Crippen molar-refractivity contribution in [2.75, 3.05) is 27.9 Å². The first-order valence-electron chi connectivity index (χ1n) is 23.9. The number of allylic oxidation sites excluding steroid dienone is 6. The Balaban J connectivity index is 1.70. The summed E-state index contributed by atoms with van der Waals surface area (Å²) in [6.07, 6.45) is 11.2. The van der Waals surface area contributed by atoms with Gasteiger partial charge in [0.25, 0.3) is 11.7 Å². The zero-order valence-corrected chi connectivity index (χ0v) is 40.6. The number of ether oxygens (including phenoxy) is 5. The third-order valence-corrected chi connectivity index (χ3v) is 14.5. The fraction of sp³-hybridized carbons (Fsp3) is 0.745. The molecule has 3 aliphatic heterocycles. The van der Waals surface area contributed by atoms with Crippen molar-refractivity contribution in [3.8, 4) is 0 Å². The Bertz CT molecular complexity index is 1760. The van der Waals surface area contributed by atoms with Crippen molar-refractivity contribution in [1.29, 1.82) is 0 Å². The Kier molecular flexibility index (Phi) is 21.0. The number of methoxy groups -OCH3 is 3. The predicted molar refractivity (Wildman–Crippen MR) is 245 cm³/mol. The number of aliphatic hydroxyl groups excluding tert-OH is 2. The van der Waals surface area contributed by atoms with Gasteiger partial charge in [-0.3, -0.25) is 19.2 Å². The van der Waals surface area contributed by atoms with Crippen LogP contribution in [0.5, 0.6) is 0 Å². The van der Waals surface area contributed by atoms with E-state index in [0.29, 0.717) is 63.4 Å². The number of nitrogens with zero attached hydrogens (tertiary/aromatic N) is 1. The van der Waals surface area contributed by atoms with E-state index >= 15 is 0 Å². The fourth-order valence-electron chi connectivity index (χ4n) is 10.1. The molecule has 4 rings (SSSR count). The number of hydrogen-bond acceptors (Lipinski definition) is 13. The monoisotopic (exact) mass is 914 g/mol. The summed E-state index contributed by atoms with van der Waals surface area (Å²) in [6, 6.07) is -1.14. The van der Waals surface area contributed by atoms with Gasteiger partial charge in [-0.1, -0.05) is 71.1 Å². The topological polar surface area (TPSA) is 195 Å². The van der Waals surface area contributed by atoms with Crippen LogP contribution < -0.4 is 0 Å². The van der Waals surface area contributed by atoms with E-state index in [1.165, 1.54) is 12.0 Å². The summed E-state index contributed by atoms with van der Waals surface area (Å²) in [7, 11) is 4.52.